The lowest BCUT2D eigenvalue weighted by molar-refractivity contribution is 0.582. The smallest absolute Gasteiger partial charge is 0.0931 e. The molecular weight excluding hydrogens is 258 g/mol. The lowest BCUT2D eigenvalue weighted by Gasteiger charge is -2.11. The van der Waals surface area contributed by atoms with E-state index in [0.717, 1.165) is 10.9 Å². The first kappa shape index (κ1) is 12.1. The molecule has 0 aliphatic heterocycles. The minimum absolute atomic E-state index is 0.358. The molecule has 2 aromatic heterocycles. The Morgan fingerprint density at radius 1 is 1.38 bits per heavy atom. The monoisotopic (exact) mass is 271 g/mol. The van der Waals surface area contributed by atoms with Gasteiger partial charge in [-0.2, -0.15) is 11.3 Å². The fourth-order valence-corrected chi connectivity index (χ4v) is 3.44. The van der Waals surface area contributed by atoms with Crippen LogP contribution < -0.4 is 5.32 Å². The van der Waals surface area contributed by atoms with Crippen LogP contribution in [0.25, 0.3) is 0 Å². The molecule has 0 aliphatic carbocycles. The van der Waals surface area contributed by atoms with Gasteiger partial charge in [-0.25, -0.2) is 0 Å². The summed E-state index contributed by atoms with van der Waals surface area (Å²) in [5, 5.41) is 7.90. The van der Waals surface area contributed by atoms with Gasteiger partial charge in [0.25, 0.3) is 0 Å². The average Bonchev–Trinajstić information content (AvgIpc) is 2.84. The van der Waals surface area contributed by atoms with Crippen LogP contribution >= 0.6 is 34.3 Å². The normalized spacial score (nSPS) is 12.9. The highest BCUT2D eigenvalue weighted by molar-refractivity contribution is 7.16. The second kappa shape index (κ2) is 5.32. The van der Waals surface area contributed by atoms with E-state index in [9.17, 15) is 0 Å². The molecule has 86 valence electrons. The first-order valence-corrected chi connectivity index (χ1v) is 7.31. The van der Waals surface area contributed by atoms with Crippen LogP contribution in [0.3, 0.4) is 0 Å². The van der Waals surface area contributed by atoms with E-state index >= 15 is 0 Å². The molecule has 1 N–H and O–H groups in total. The molecule has 0 amide bonds. The second-order valence-corrected chi connectivity index (χ2v) is 6.31. The number of hydrogen-bond acceptors (Lipinski definition) is 3. The van der Waals surface area contributed by atoms with Crippen molar-refractivity contribution in [3.8, 4) is 0 Å². The highest BCUT2D eigenvalue weighted by Crippen LogP contribution is 2.27. The third-order valence-electron chi connectivity index (χ3n) is 2.58. The second-order valence-electron chi connectivity index (χ2n) is 3.82. The molecule has 16 heavy (non-hydrogen) atoms. The molecular formula is C12H14ClNS2. The van der Waals surface area contributed by atoms with Gasteiger partial charge in [0.2, 0.25) is 0 Å². The van der Waals surface area contributed by atoms with Crippen LogP contribution in [0.15, 0.2) is 22.9 Å². The van der Waals surface area contributed by atoms with Crippen LogP contribution in [0.5, 0.6) is 0 Å². The molecule has 4 heteroatoms. The van der Waals surface area contributed by atoms with Gasteiger partial charge in [0.05, 0.1) is 4.34 Å². The molecule has 0 saturated heterocycles. The Labute approximate surface area is 109 Å². The molecule has 2 aromatic rings. The molecule has 2 heterocycles. The van der Waals surface area contributed by atoms with E-state index in [-0.39, 0.29) is 0 Å². The molecule has 0 spiro atoms. The summed E-state index contributed by atoms with van der Waals surface area (Å²) in [6.07, 6.45) is 0. The van der Waals surface area contributed by atoms with Crippen molar-refractivity contribution in [2.24, 2.45) is 0 Å². The van der Waals surface area contributed by atoms with Crippen LogP contribution in [-0.4, -0.2) is 0 Å². The number of aryl methyl sites for hydroxylation is 1. The van der Waals surface area contributed by atoms with Gasteiger partial charge in [0.15, 0.2) is 0 Å². The Hall–Kier alpha value is -0.350. The van der Waals surface area contributed by atoms with E-state index < -0.39 is 0 Å². The molecule has 0 fully saturated rings. The van der Waals surface area contributed by atoms with Crippen molar-refractivity contribution in [2.75, 3.05) is 0 Å². The van der Waals surface area contributed by atoms with Gasteiger partial charge >= 0.3 is 0 Å². The summed E-state index contributed by atoms with van der Waals surface area (Å²) in [5.41, 5.74) is 2.76. The molecule has 0 aromatic carbocycles. The van der Waals surface area contributed by atoms with Gasteiger partial charge in [-0.3, -0.25) is 0 Å². The molecule has 1 atom stereocenters. The van der Waals surface area contributed by atoms with E-state index in [1.807, 2.05) is 6.07 Å². The molecule has 1 unspecified atom stereocenters. The van der Waals surface area contributed by atoms with Crippen molar-refractivity contribution in [3.63, 3.8) is 0 Å². The van der Waals surface area contributed by atoms with E-state index in [1.165, 1.54) is 16.0 Å². The SMILES string of the molecule is Cc1cscc1CNC(C)c1ccc(Cl)s1. The van der Waals surface area contributed by atoms with Gasteiger partial charge in [-0.1, -0.05) is 11.6 Å². The molecule has 1 nitrogen and oxygen atoms in total. The molecule has 2 rings (SSSR count). The Kier molecular flexibility index (Phi) is 4.03. The summed E-state index contributed by atoms with van der Waals surface area (Å²) >= 11 is 9.32. The van der Waals surface area contributed by atoms with Crippen molar-refractivity contribution in [3.05, 3.63) is 43.2 Å². The predicted molar refractivity (Wildman–Crippen MR) is 73.6 cm³/mol. The van der Waals surface area contributed by atoms with Crippen molar-refractivity contribution in [1.82, 2.24) is 5.32 Å². The van der Waals surface area contributed by atoms with Crippen LogP contribution in [0, 0.1) is 6.92 Å². The van der Waals surface area contributed by atoms with Crippen molar-refractivity contribution in [2.45, 2.75) is 26.4 Å². The first-order chi connectivity index (χ1) is 7.66. The lowest BCUT2D eigenvalue weighted by atomic mass is 10.2. The van der Waals surface area contributed by atoms with Gasteiger partial charge in [0.1, 0.15) is 0 Å². The summed E-state index contributed by atoms with van der Waals surface area (Å²) < 4.78 is 0.857. The third-order valence-corrected chi connectivity index (χ3v) is 4.91. The fraction of sp³-hybridized carbons (Fsp3) is 0.333. The van der Waals surface area contributed by atoms with Crippen LogP contribution in [0.2, 0.25) is 4.34 Å². The molecule has 0 aliphatic rings. The van der Waals surface area contributed by atoms with Gasteiger partial charge in [0, 0.05) is 17.5 Å². The fourth-order valence-electron chi connectivity index (χ4n) is 1.49. The third kappa shape index (κ3) is 2.86. The number of hydrogen-bond donors (Lipinski definition) is 1. The zero-order valence-electron chi connectivity index (χ0n) is 9.29. The maximum Gasteiger partial charge on any atom is 0.0931 e. The van der Waals surface area contributed by atoms with Crippen LogP contribution in [0.4, 0.5) is 0 Å². The minimum Gasteiger partial charge on any atom is -0.305 e. The first-order valence-electron chi connectivity index (χ1n) is 5.17. The number of thiophene rings is 2. The predicted octanol–water partition coefficient (Wildman–Crippen LogP) is 4.62. The van der Waals surface area contributed by atoms with Crippen molar-refractivity contribution in [1.29, 1.82) is 0 Å². The Balaban J connectivity index is 1.93. The summed E-state index contributed by atoms with van der Waals surface area (Å²) in [6, 6.07) is 4.40. The summed E-state index contributed by atoms with van der Waals surface area (Å²) in [7, 11) is 0. The summed E-state index contributed by atoms with van der Waals surface area (Å²) in [4.78, 5) is 1.29. The zero-order valence-corrected chi connectivity index (χ0v) is 11.7. The Morgan fingerprint density at radius 3 is 2.75 bits per heavy atom. The molecule has 0 radical (unpaired) electrons. The highest BCUT2D eigenvalue weighted by atomic mass is 35.5. The quantitative estimate of drug-likeness (QED) is 0.855. The number of nitrogens with one attached hydrogen (secondary N) is 1. The lowest BCUT2D eigenvalue weighted by Crippen LogP contribution is -2.17. The number of rotatable bonds is 4. The Morgan fingerprint density at radius 2 is 2.19 bits per heavy atom. The average molecular weight is 272 g/mol. The highest BCUT2D eigenvalue weighted by Gasteiger charge is 2.08. The summed E-state index contributed by atoms with van der Waals surface area (Å²) in [6.45, 7) is 5.25. The van der Waals surface area contributed by atoms with Gasteiger partial charge < -0.3 is 5.32 Å². The van der Waals surface area contributed by atoms with Crippen LogP contribution in [-0.2, 0) is 6.54 Å². The topological polar surface area (TPSA) is 12.0 Å². The standard InChI is InChI=1S/C12H14ClNS2/c1-8-6-15-7-10(8)5-14-9(2)11-3-4-12(13)16-11/h3-4,6-7,9,14H,5H2,1-2H3. The van der Waals surface area contributed by atoms with Gasteiger partial charge in [-0.15, -0.1) is 11.3 Å². The van der Waals surface area contributed by atoms with Crippen molar-refractivity contribution < 1.29 is 0 Å². The van der Waals surface area contributed by atoms with E-state index in [2.05, 4.69) is 36.0 Å². The zero-order chi connectivity index (χ0) is 11.5. The minimum atomic E-state index is 0.358. The van der Waals surface area contributed by atoms with Crippen LogP contribution in [0.1, 0.15) is 29.0 Å². The summed E-state index contributed by atoms with van der Waals surface area (Å²) in [5.74, 6) is 0. The van der Waals surface area contributed by atoms with E-state index in [0.29, 0.717) is 6.04 Å². The molecule has 0 bridgehead atoms. The largest absolute Gasteiger partial charge is 0.305 e. The van der Waals surface area contributed by atoms with Crippen molar-refractivity contribution >= 4 is 34.3 Å². The van der Waals surface area contributed by atoms with Gasteiger partial charge in [-0.05, 0) is 47.9 Å². The maximum absolute atomic E-state index is 5.92. The maximum atomic E-state index is 5.92. The van der Waals surface area contributed by atoms with E-state index in [4.69, 9.17) is 11.6 Å². The molecule has 0 saturated carbocycles. The Bertz CT molecular complexity index is 461. The van der Waals surface area contributed by atoms with E-state index in [1.54, 1.807) is 22.7 Å². The number of halogens is 1.